The third kappa shape index (κ3) is 3.68. The Morgan fingerprint density at radius 1 is 1.73 bits per heavy atom. The minimum absolute atomic E-state index is 0.0948. The van der Waals surface area contributed by atoms with E-state index in [1.165, 1.54) is 11.3 Å². The summed E-state index contributed by atoms with van der Waals surface area (Å²) in [7, 11) is 0. The van der Waals surface area contributed by atoms with E-state index in [1.807, 2.05) is 5.38 Å². The van der Waals surface area contributed by atoms with Gasteiger partial charge in [-0.05, 0) is 5.92 Å². The van der Waals surface area contributed by atoms with Crippen LogP contribution in [0.5, 0.6) is 0 Å². The zero-order chi connectivity index (χ0) is 11.3. The van der Waals surface area contributed by atoms with Crippen LogP contribution in [0.15, 0.2) is 5.38 Å². The van der Waals surface area contributed by atoms with Crippen molar-refractivity contribution >= 4 is 17.2 Å². The van der Waals surface area contributed by atoms with Crippen LogP contribution in [-0.4, -0.2) is 10.9 Å². The second kappa shape index (κ2) is 5.47. The average Bonchev–Trinajstić information content (AvgIpc) is 2.63. The Morgan fingerprint density at radius 2 is 2.47 bits per heavy atom. The van der Waals surface area contributed by atoms with Crippen LogP contribution in [0.25, 0.3) is 0 Å². The van der Waals surface area contributed by atoms with Gasteiger partial charge < -0.3 is 5.32 Å². The summed E-state index contributed by atoms with van der Waals surface area (Å²) in [4.78, 5) is 15.4. The fourth-order valence-electron chi connectivity index (χ4n) is 0.980. The van der Waals surface area contributed by atoms with Crippen molar-refractivity contribution in [2.75, 3.05) is 0 Å². The molecule has 0 radical (unpaired) electrons. The number of thiazole rings is 1. The second-order valence-electron chi connectivity index (χ2n) is 3.43. The van der Waals surface area contributed by atoms with Crippen molar-refractivity contribution in [2.45, 2.75) is 32.7 Å². The monoisotopic (exact) mass is 223 g/mol. The lowest BCUT2D eigenvalue weighted by Gasteiger charge is -1.99. The van der Waals surface area contributed by atoms with Crippen molar-refractivity contribution in [1.29, 1.82) is 5.26 Å². The summed E-state index contributed by atoms with van der Waals surface area (Å²) in [6.45, 7) is 4.57. The summed E-state index contributed by atoms with van der Waals surface area (Å²) in [5, 5.41) is 13.8. The van der Waals surface area contributed by atoms with Crippen molar-refractivity contribution in [3.05, 3.63) is 16.1 Å². The molecule has 0 saturated carbocycles. The number of amides is 1. The van der Waals surface area contributed by atoms with Crippen LogP contribution in [0, 0.1) is 11.3 Å². The summed E-state index contributed by atoms with van der Waals surface area (Å²) in [5.41, 5.74) is 1.05. The van der Waals surface area contributed by atoms with Crippen LogP contribution in [0.1, 0.15) is 36.9 Å². The molecule has 1 N–H and O–H groups in total. The van der Waals surface area contributed by atoms with Gasteiger partial charge in [0.1, 0.15) is 11.4 Å². The first kappa shape index (κ1) is 11.7. The van der Waals surface area contributed by atoms with Crippen LogP contribution in [-0.2, 0) is 11.3 Å². The zero-order valence-electron chi connectivity index (χ0n) is 8.78. The molecule has 1 aromatic rings. The van der Waals surface area contributed by atoms with E-state index in [-0.39, 0.29) is 12.3 Å². The van der Waals surface area contributed by atoms with E-state index < -0.39 is 0 Å². The molecular formula is C10H13N3OS. The van der Waals surface area contributed by atoms with Crippen molar-refractivity contribution in [3.8, 4) is 6.07 Å². The molecule has 1 amide bonds. The smallest absolute Gasteiger partial charge is 0.234 e. The van der Waals surface area contributed by atoms with E-state index in [4.69, 9.17) is 5.26 Å². The van der Waals surface area contributed by atoms with Gasteiger partial charge in [0.05, 0.1) is 18.3 Å². The number of hydrogen-bond donors (Lipinski definition) is 1. The number of rotatable bonds is 4. The third-order valence-corrected chi connectivity index (χ3v) is 2.70. The first-order valence-corrected chi connectivity index (χ1v) is 5.59. The molecular weight excluding hydrogens is 210 g/mol. The van der Waals surface area contributed by atoms with Gasteiger partial charge in [-0.2, -0.15) is 5.26 Å². The van der Waals surface area contributed by atoms with E-state index in [0.717, 1.165) is 10.7 Å². The molecule has 80 valence electrons. The minimum Gasteiger partial charge on any atom is -0.349 e. The van der Waals surface area contributed by atoms with Gasteiger partial charge in [-0.25, -0.2) is 4.98 Å². The number of carbonyl (C=O) groups excluding carboxylic acids is 1. The lowest BCUT2D eigenvalue weighted by atomic mass is 10.2. The van der Waals surface area contributed by atoms with Crippen LogP contribution < -0.4 is 5.32 Å². The highest BCUT2D eigenvalue weighted by Gasteiger charge is 2.06. The number of nitriles is 1. The van der Waals surface area contributed by atoms with Crippen LogP contribution in [0.3, 0.4) is 0 Å². The highest BCUT2D eigenvalue weighted by atomic mass is 32.1. The minimum atomic E-state index is -0.251. The number of nitrogens with zero attached hydrogens (tertiary/aromatic N) is 2. The molecule has 15 heavy (non-hydrogen) atoms. The fourth-order valence-corrected chi connectivity index (χ4v) is 1.88. The summed E-state index contributed by atoms with van der Waals surface area (Å²) < 4.78 is 0. The number of carbonyl (C=O) groups is 1. The van der Waals surface area contributed by atoms with E-state index in [9.17, 15) is 4.79 Å². The molecule has 0 aliphatic heterocycles. The molecule has 0 aromatic carbocycles. The molecule has 0 aliphatic rings. The van der Waals surface area contributed by atoms with E-state index in [1.54, 1.807) is 6.07 Å². The quantitative estimate of drug-likeness (QED) is 0.846. The summed E-state index contributed by atoms with van der Waals surface area (Å²) >= 11 is 1.53. The van der Waals surface area contributed by atoms with Gasteiger partial charge in [-0.3, -0.25) is 4.79 Å². The largest absolute Gasteiger partial charge is 0.349 e. The van der Waals surface area contributed by atoms with Gasteiger partial charge in [0, 0.05) is 5.38 Å². The maximum atomic E-state index is 11.0. The molecule has 0 saturated heterocycles. The maximum absolute atomic E-state index is 11.0. The van der Waals surface area contributed by atoms with Crippen LogP contribution >= 0.6 is 11.3 Å². The van der Waals surface area contributed by atoms with Crippen LogP contribution in [0.2, 0.25) is 0 Å². The van der Waals surface area contributed by atoms with Gasteiger partial charge in [-0.15, -0.1) is 11.3 Å². The van der Waals surface area contributed by atoms with E-state index in [0.29, 0.717) is 12.5 Å². The molecule has 1 aromatic heterocycles. The molecule has 5 heteroatoms. The highest BCUT2D eigenvalue weighted by Crippen LogP contribution is 2.17. The third-order valence-electron chi connectivity index (χ3n) is 1.84. The Bertz CT molecular complexity index is 378. The molecule has 1 rings (SSSR count). The first-order valence-electron chi connectivity index (χ1n) is 4.71. The number of hydrogen-bond acceptors (Lipinski definition) is 4. The lowest BCUT2D eigenvalue weighted by Crippen LogP contribution is -2.21. The summed E-state index contributed by atoms with van der Waals surface area (Å²) in [6, 6.07) is 1.80. The normalized spacial score (nSPS) is 10.0. The standard InChI is InChI=1S/C10H13N3OS/c1-7(2)8-6-15-10(13-8)5-12-9(14)3-4-11/h6-7H,3,5H2,1-2H3,(H,12,14). The predicted molar refractivity (Wildman–Crippen MR) is 58.3 cm³/mol. The Hall–Kier alpha value is -1.41. The van der Waals surface area contributed by atoms with Crippen molar-refractivity contribution < 1.29 is 4.79 Å². The van der Waals surface area contributed by atoms with Gasteiger partial charge in [-0.1, -0.05) is 13.8 Å². The molecule has 0 fully saturated rings. The van der Waals surface area contributed by atoms with Gasteiger partial charge in [0.2, 0.25) is 5.91 Å². The first-order chi connectivity index (χ1) is 7.13. The maximum Gasteiger partial charge on any atom is 0.234 e. The van der Waals surface area contributed by atoms with Gasteiger partial charge in [0.25, 0.3) is 0 Å². The van der Waals surface area contributed by atoms with Gasteiger partial charge >= 0.3 is 0 Å². The van der Waals surface area contributed by atoms with Crippen molar-refractivity contribution in [2.24, 2.45) is 0 Å². The molecule has 1 heterocycles. The van der Waals surface area contributed by atoms with Gasteiger partial charge in [0.15, 0.2) is 0 Å². The van der Waals surface area contributed by atoms with Crippen molar-refractivity contribution in [3.63, 3.8) is 0 Å². The van der Waals surface area contributed by atoms with E-state index >= 15 is 0 Å². The molecule has 0 spiro atoms. The summed E-state index contributed by atoms with van der Waals surface area (Å²) in [6.07, 6.45) is -0.0948. The Balaban J connectivity index is 2.45. The molecule has 4 nitrogen and oxygen atoms in total. The molecule has 0 aliphatic carbocycles. The predicted octanol–water partition coefficient (Wildman–Crippen LogP) is 1.80. The molecule has 0 unspecified atom stereocenters. The second-order valence-corrected chi connectivity index (χ2v) is 4.38. The van der Waals surface area contributed by atoms with Crippen LogP contribution in [0.4, 0.5) is 0 Å². The number of aromatic nitrogens is 1. The summed E-state index contributed by atoms with van der Waals surface area (Å²) in [5.74, 6) is 0.156. The average molecular weight is 223 g/mol. The Labute approximate surface area is 92.9 Å². The molecule has 0 atom stereocenters. The number of nitrogens with one attached hydrogen (secondary N) is 1. The lowest BCUT2D eigenvalue weighted by molar-refractivity contribution is -0.120. The topological polar surface area (TPSA) is 65.8 Å². The SMILES string of the molecule is CC(C)c1csc(CNC(=O)CC#N)n1. The van der Waals surface area contributed by atoms with E-state index in [2.05, 4.69) is 24.1 Å². The van der Waals surface area contributed by atoms with Crippen molar-refractivity contribution in [1.82, 2.24) is 10.3 Å². The highest BCUT2D eigenvalue weighted by molar-refractivity contribution is 7.09. The molecule has 0 bridgehead atoms. The zero-order valence-corrected chi connectivity index (χ0v) is 9.60. The Kier molecular flexibility index (Phi) is 4.25. The fraction of sp³-hybridized carbons (Fsp3) is 0.500. The Morgan fingerprint density at radius 3 is 3.00 bits per heavy atom.